The van der Waals surface area contributed by atoms with E-state index >= 15 is 0 Å². The fourth-order valence-electron chi connectivity index (χ4n) is 1.36. The number of anilines is 1. The lowest BCUT2D eigenvalue weighted by Crippen LogP contribution is -1.95. The Balaban J connectivity index is 1.84. The van der Waals surface area contributed by atoms with Crippen LogP contribution >= 0.6 is 11.8 Å². The normalized spacial score (nSPS) is 10.6. The van der Waals surface area contributed by atoms with Crippen LogP contribution in [0.5, 0.6) is 0 Å². The minimum absolute atomic E-state index is 0.810. The van der Waals surface area contributed by atoms with E-state index in [4.69, 9.17) is 5.73 Å². The van der Waals surface area contributed by atoms with E-state index in [0.29, 0.717) is 0 Å². The van der Waals surface area contributed by atoms with Gasteiger partial charge in [-0.05, 0) is 24.1 Å². The minimum Gasteiger partial charge on any atom is -0.399 e. The maximum absolute atomic E-state index is 5.63. The molecular formula is C11H14N4S. The Morgan fingerprint density at radius 1 is 1.31 bits per heavy atom. The molecule has 4 nitrogen and oxygen atoms in total. The molecule has 1 aromatic carbocycles. The number of nitrogen functional groups attached to an aromatic ring is 1. The summed E-state index contributed by atoms with van der Waals surface area (Å²) in [6.07, 6.45) is 2.59. The number of aryl methyl sites for hydroxylation is 2. The van der Waals surface area contributed by atoms with Crippen LogP contribution in [0, 0.1) is 0 Å². The molecule has 84 valence electrons. The number of benzene rings is 1. The van der Waals surface area contributed by atoms with Gasteiger partial charge in [-0.2, -0.15) is 5.10 Å². The molecule has 0 amide bonds. The summed E-state index contributed by atoms with van der Waals surface area (Å²) in [5, 5.41) is 4.98. The second-order valence-electron chi connectivity index (χ2n) is 3.51. The third kappa shape index (κ3) is 2.76. The molecule has 16 heavy (non-hydrogen) atoms. The topological polar surface area (TPSA) is 56.7 Å². The molecule has 1 heterocycles. The Morgan fingerprint density at radius 2 is 2.06 bits per heavy atom. The van der Waals surface area contributed by atoms with Crippen molar-refractivity contribution in [3.05, 3.63) is 36.2 Å². The number of nitrogens with two attached hydrogens (primary N) is 1. The van der Waals surface area contributed by atoms with Crippen LogP contribution in [-0.4, -0.2) is 20.5 Å². The summed E-state index contributed by atoms with van der Waals surface area (Å²) in [4.78, 5) is 4.16. The van der Waals surface area contributed by atoms with Crippen LogP contribution in [-0.2, 0) is 13.5 Å². The molecule has 2 aromatic rings. The largest absolute Gasteiger partial charge is 0.399 e. The van der Waals surface area contributed by atoms with E-state index in [-0.39, 0.29) is 0 Å². The Bertz CT molecular complexity index is 449. The van der Waals surface area contributed by atoms with E-state index in [9.17, 15) is 0 Å². The number of aromatic nitrogens is 3. The molecule has 0 aliphatic carbocycles. The molecular weight excluding hydrogens is 220 g/mol. The van der Waals surface area contributed by atoms with Crippen molar-refractivity contribution < 1.29 is 0 Å². The molecule has 5 heteroatoms. The maximum Gasteiger partial charge on any atom is 0.185 e. The van der Waals surface area contributed by atoms with Crippen LogP contribution in [0.3, 0.4) is 0 Å². The highest BCUT2D eigenvalue weighted by Crippen LogP contribution is 2.15. The molecule has 0 unspecified atom stereocenters. The van der Waals surface area contributed by atoms with Crippen molar-refractivity contribution in [1.29, 1.82) is 0 Å². The van der Waals surface area contributed by atoms with Gasteiger partial charge in [-0.1, -0.05) is 23.9 Å². The Kier molecular flexibility index (Phi) is 3.46. The predicted molar refractivity (Wildman–Crippen MR) is 66.3 cm³/mol. The Labute approximate surface area is 98.9 Å². The van der Waals surface area contributed by atoms with Crippen molar-refractivity contribution >= 4 is 17.4 Å². The molecule has 0 saturated carbocycles. The SMILES string of the molecule is Cn1ncnc1SCCc1ccc(N)cc1. The van der Waals surface area contributed by atoms with Crippen LogP contribution < -0.4 is 5.73 Å². The Hall–Kier alpha value is -1.49. The summed E-state index contributed by atoms with van der Waals surface area (Å²) in [5.74, 6) is 0.996. The van der Waals surface area contributed by atoms with E-state index in [1.165, 1.54) is 5.56 Å². The lowest BCUT2D eigenvalue weighted by atomic mass is 10.2. The zero-order chi connectivity index (χ0) is 11.4. The smallest absolute Gasteiger partial charge is 0.185 e. The molecule has 1 aromatic heterocycles. The van der Waals surface area contributed by atoms with Crippen molar-refractivity contribution in [1.82, 2.24) is 14.8 Å². The summed E-state index contributed by atoms with van der Waals surface area (Å²) in [7, 11) is 1.90. The van der Waals surface area contributed by atoms with Gasteiger partial charge in [0.15, 0.2) is 5.16 Å². The molecule has 0 spiro atoms. The predicted octanol–water partition coefficient (Wildman–Crippen LogP) is 1.73. The van der Waals surface area contributed by atoms with Gasteiger partial charge in [0, 0.05) is 18.5 Å². The van der Waals surface area contributed by atoms with Gasteiger partial charge >= 0.3 is 0 Å². The number of nitrogens with zero attached hydrogens (tertiary/aromatic N) is 3. The summed E-state index contributed by atoms with van der Waals surface area (Å²) in [6, 6.07) is 7.99. The molecule has 0 atom stereocenters. The monoisotopic (exact) mass is 234 g/mol. The van der Waals surface area contributed by atoms with Crippen LogP contribution in [0.25, 0.3) is 0 Å². The molecule has 0 fully saturated rings. The standard InChI is InChI=1S/C11H14N4S/c1-15-11(13-8-14-15)16-7-6-9-2-4-10(12)5-3-9/h2-5,8H,6-7,12H2,1H3. The van der Waals surface area contributed by atoms with Gasteiger partial charge in [0.2, 0.25) is 0 Å². The van der Waals surface area contributed by atoms with E-state index in [1.807, 2.05) is 19.2 Å². The molecule has 2 rings (SSSR count). The zero-order valence-corrected chi connectivity index (χ0v) is 9.94. The fraction of sp³-hybridized carbons (Fsp3) is 0.273. The lowest BCUT2D eigenvalue weighted by Gasteiger charge is -2.01. The molecule has 0 radical (unpaired) electrons. The molecule has 0 saturated heterocycles. The van der Waals surface area contributed by atoms with Crippen LogP contribution in [0.15, 0.2) is 35.7 Å². The van der Waals surface area contributed by atoms with Crippen molar-refractivity contribution in [3.8, 4) is 0 Å². The van der Waals surface area contributed by atoms with Gasteiger partial charge < -0.3 is 5.73 Å². The van der Waals surface area contributed by atoms with E-state index in [1.54, 1.807) is 22.8 Å². The van der Waals surface area contributed by atoms with Gasteiger partial charge in [0.05, 0.1) is 0 Å². The first-order chi connectivity index (χ1) is 7.75. The van der Waals surface area contributed by atoms with Gasteiger partial charge in [-0.3, -0.25) is 0 Å². The molecule has 0 aliphatic rings. The third-order valence-electron chi connectivity index (χ3n) is 2.27. The molecule has 2 N–H and O–H groups in total. The second kappa shape index (κ2) is 5.03. The van der Waals surface area contributed by atoms with E-state index in [0.717, 1.165) is 23.0 Å². The third-order valence-corrected chi connectivity index (χ3v) is 3.31. The molecule has 0 aliphatic heterocycles. The highest BCUT2D eigenvalue weighted by Gasteiger charge is 2.01. The number of thioether (sulfide) groups is 1. The first-order valence-electron chi connectivity index (χ1n) is 5.07. The quantitative estimate of drug-likeness (QED) is 0.646. The van der Waals surface area contributed by atoms with Gasteiger partial charge in [0.1, 0.15) is 6.33 Å². The average molecular weight is 234 g/mol. The van der Waals surface area contributed by atoms with Crippen LogP contribution in [0.2, 0.25) is 0 Å². The number of hydrogen-bond acceptors (Lipinski definition) is 4. The highest BCUT2D eigenvalue weighted by molar-refractivity contribution is 7.99. The van der Waals surface area contributed by atoms with Gasteiger partial charge in [-0.15, -0.1) is 0 Å². The summed E-state index contributed by atoms with van der Waals surface area (Å²) < 4.78 is 1.79. The summed E-state index contributed by atoms with van der Waals surface area (Å²) in [5.41, 5.74) is 7.73. The highest BCUT2D eigenvalue weighted by atomic mass is 32.2. The van der Waals surface area contributed by atoms with Crippen LogP contribution in [0.4, 0.5) is 5.69 Å². The zero-order valence-electron chi connectivity index (χ0n) is 9.13. The van der Waals surface area contributed by atoms with Gasteiger partial charge in [-0.25, -0.2) is 9.67 Å². The lowest BCUT2D eigenvalue weighted by molar-refractivity contribution is 0.685. The van der Waals surface area contributed by atoms with Crippen molar-refractivity contribution in [2.75, 3.05) is 11.5 Å². The van der Waals surface area contributed by atoms with Crippen molar-refractivity contribution in [2.45, 2.75) is 11.6 Å². The Morgan fingerprint density at radius 3 is 2.69 bits per heavy atom. The van der Waals surface area contributed by atoms with E-state index < -0.39 is 0 Å². The summed E-state index contributed by atoms with van der Waals surface area (Å²) >= 11 is 1.71. The van der Waals surface area contributed by atoms with E-state index in [2.05, 4.69) is 22.2 Å². The molecule has 0 bridgehead atoms. The minimum atomic E-state index is 0.810. The maximum atomic E-state index is 5.63. The fourth-order valence-corrected chi connectivity index (χ4v) is 2.24. The first-order valence-corrected chi connectivity index (χ1v) is 6.05. The van der Waals surface area contributed by atoms with Crippen LogP contribution in [0.1, 0.15) is 5.56 Å². The van der Waals surface area contributed by atoms with Crippen molar-refractivity contribution in [2.24, 2.45) is 7.05 Å². The van der Waals surface area contributed by atoms with Gasteiger partial charge in [0.25, 0.3) is 0 Å². The summed E-state index contributed by atoms with van der Waals surface area (Å²) in [6.45, 7) is 0. The second-order valence-corrected chi connectivity index (χ2v) is 4.57. The average Bonchev–Trinajstić information content (AvgIpc) is 2.68. The number of rotatable bonds is 4. The van der Waals surface area contributed by atoms with Crippen molar-refractivity contribution in [3.63, 3.8) is 0 Å². The number of hydrogen-bond donors (Lipinski definition) is 1. The first kappa shape index (κ1) is 11.0.